The number of carbonyl (C=O) groups excluding carboxylic acids is 1. The number of fused-ring (bicyclic) bond motifs is 1. The molecule has 0 spiro atoms. The van der Waals surface area contributed by atoms with Gasteiger partial charge in [-0.05, 0) is 75.7 Å². The highest BCUT2D eigenvalue weighted by molar-refractivity contribution is 7.97. The average molecular weight is 474 g/mol. The largest absolute Gasteiger partial charge is 0.388 e. The van der Waals surface area contributed by atoms with Gasteiger partial charge in [-0.25, -0.2) is 14.3 Å². The summed E-state index contributed by atoms with van der Waals surface area (Å²) in [7, 11) is 4.04. The number of anilines is 1. The van der Waals surface area contributed by atoms with E-state index in [2.05, 4.69) is 90.4 Å². The first-order valence-corrected chi connectivity index (χ1v) is 11.7. The number of benzene rings is 2. The third kappa shape index (κ3) is 6.12. The SMILES string of the molecule is C=CC=O.CNc1cccc(-c2cnc3[nH]cc(-c4cccc(SN(C)C(C)(C)C)c4)c3n2)c1. The molecule has 0 radical (unpaired) electrons. The summed E-state index contributed by atoms with van der Waals surface area (Å²) < 4.78 is 2.27. The Bertz CT molecular complexity index is 1270. The van der Waals surface area contributed by atoms with Gasteiger partial charge in [-0.15, -0.1) is 0 Å². The van der Waals surface area contributed by atoms with Crippen LogP contribution in [0.15, 0.2) is 78.5 Å². The van der Waals surface area contributed by atoms with Crippen LogP contribution in [0.5, 0.6) is 0 Å². The molecule has 0 atom stereocenters. The van der Waals surface area contributed by atoms with Crippen molar-refractivity contribution in [2.75, 3.05) is 19.4 Å². The Balaban J connectivity index is 0.000000751. The zero-order valence-electron chi connectivity index (χ0n) is 20.3. The van der Waals surface area contributed by atoms with Crippen LogP contribution < -0.4 is 5.32 Å². The van der Waals surface area contributed by atoms with Gasteiger partial charge in [-0.1, -0.05) is 30.8 Å². The van der Waals surface area contributed by atoms with E-state index in [0.29, 0.717) is 6.29 Å². The van der Waals surface area contributed by atoms with Crippen LogP contribution in [0.4, 0.5) is 5.69 Å². The normalized spacial score (nSPS) is 11.1. The van der Waals surface area contributed by atoms with Crippen molar-refractivity contribution in [1.29, 1.82) is 0 Å². The Hall–Kier alpha value is -3.42. The van der Waals surface area contributed by atoms with E-state index >= 15 is 0 Å². The Morgan fingerprint density at radius 2 is 1.82 bits per heavy atom. The summed E-state index contributed by atoms with van der Waals surface area (Å²) in [6.07, 6.45) is 5.65. The number of carbonyl (C=O) groups is 1. The van der Waals surface area contributed by atoms with E-state index in [9.17, 15) is 0 Å². The molecule has 0 fully saturated rings. The lowest BCUT2D eigenvalue weighted by molar-refractivity contribution is -0.104. The monoisotopic (exact) mass is 473 g/mol. The molecule has 0 bridgehead atoms. The van der Waals surface area contributed by atoms with E-state index in [1.165, 1.54) is 11.0 Å². The highest BCUT2D eigenvalue weighted by Crippen LogP contribution is 2.33. The van der Waals surface area contributed by atoms with Crippen molar-refractivity contribution < 1.29 is 4.79 Å². The quantitative estimate of drug-likeness (QED) is 0.191. The first kappa shape index (κ1) is 25.2. The second kappa shape index (κ2) is 11.1. The molecular weight excluding hydrogens is 442 g/mol. The number of H-pyrrole nitrogens is 1. The molecular formula is C27H31N5OS. The fourth-order valence-electron chi connectivity index (χ4n) is 3.10. The summed E-state index contributed by atoms with van der Waals surface area (Å²) in [6, 6.07) is 16.8. The van der Waals surface area contributed by atoms with E-state index < -0.39 is 0 Å². The minimum atomic E-state index is 0.0870. The van der Waals surface area contributed by atoms with Crippen molar-refractivity contribution in [3.63, 3.8) is 0 Å². The van der Waals surface area contributed by atoms with Crippen molar-refractivity contribution in [2.45, 2.75) is 31.2 Å². The number of aldehydes is 1. The van der Waals surface area contributed by atoms with Crippen molar-refractivity contribution in [2.24, 2.45) is 0 Å². The number of aromatic nitrogens is 3. The fraction of sp³-hybridized carbons (Fsp3) is 0.222. The van der Waals surface area contributed by atoms with Crippen LogP contribution in [-0.2, 0) is 4.79 Å². The smallest absolute Gasteiger partial charge is 0.156 e. The summed E-state index contributed by atoms with van der Waals surface area (Å²) in [5.41, 5.74) is 6.91. The van der Waals surface area contributed by atoms with Crippen LogP contribution in [0.3, 0.4) is 0 Å². The number of hydrogen-bond donors (Lipinski definition) is 2. The first-order valence-electron chi connectivity index (χ1n) is 11.0. The van der Waals surface area contributed by atoms with Crippen molar-refractivity contribution in [3.8, 4) is 22.4 Å². The minimum absolute atomic E-state index is 0.0870. The number of nitrogens with one attached hydrogen (secondary N) is 2. The number of nitrogens with zero attached hydrogens (tertiary/aromatic N) is 3. The van der Waals surface area contributed by atoms with Crippen molar-refractivity contribution >= 4 is 35.1 Å². The molecule has 2 aromatic heterocycles. The molecule has 0 aliphatic rings. The maximum Gasteiger partial charge on any atom is 0.156 e. The third-order valence-electron chi connectivity index (χ3n) is 5.26. The Kier molecular flexibility index (Phi) is 8.26. The topological polar surface area (TPSA) is 73.9 Å². The van der Waals surface area contributed by atoms with E-state index in [1.54, 1.807) is 11.9 Å². The van der Waals surface area contributed by atoms with E-state index in [0.717, 1.165) is 39.2 Å². The summed E-state index contributed by atoms with van der Waals surface area (Å²) in [5.74, 6) is 0. The zero-order valence-corrected chi connectivity index (χ0v) is 21.1. The number of hydrogen-bond acceptors (Lipinski definition) is 6. The number of rotatable bonds is 6. The van der Waals surface area contributed by atoms with Gasteiger partial charge in [0, 0.05) is 40.5 Å². The lowest BCUT2D eigenvalue weighted by Gasteiger charge is -2.30. The van der Waals surface area contributed by atoms with Crippen molar-refractivity contribution in [1.82, 2.24) is 19.3 Å². The van der Waals surface area contributed by atoms with Crippen molar-refractivity contribution in [3.05, 3.63) is 73.6 Å². The van der Waals surface area contributed by atoms with Crippen LogP contribution in [0, 0.1) is 0 Å². The van der Waals surface area contributed by atoms with E-state index in [-0.39, 0.29) is 5.54 Å². The van der Waals surface area contributed by atoms with Gasteiger partial charge in [0.15, 0.2) is 5.65 Å². The summed E-state index contributed by atoms with van der Waals surface area (Å²) >= 11 is 1.75. The van der Waals surface area contributed by atoms with Gasteiger partial charge in [0.05, 0.1) is 11.9 Å². The fourth-order valence-corrected chi connectivity index (χ4v) is 4.01. The molecule has 0 aliphatic heterocycles. The molecule has 2 N–H and O–H groups in total. The summed E-state index contributed by atoms with van der Waals surface area (Å²) in [4.78, 5) is 23.1. The molecule has 2 aromatic carbocycles. The second-order valence-corrected chi connectivity index (χ2v) is 9.85. The standard InChI is InChI=1S/C24H27N5S.C3H4O/c1-24(2,3)29(5)30-19-11-7-8-16(13-19)20-14-26-23-22(20)28-21(15-27-23)17-9-6-10-18(12-17)25-4;1-2-3-4/h6-15,25H,1-5H3,(H,26,27);2-3H,1H2. The zero-order chi connectivity index (χ0) is 24.7. The van der Waals surface area contributed by atoms with Gasteiger partial charge in [0.2, 0.25) is 0 Å². The highest BCUT2D eigenvalue weighted by atomic mass is 32.2. The van der Waals surface area contributed by atoms with E-state index in [4.69, 9.17) is 9.78 Å². The molecule has 0 saturated heterocycles. The molecule has 176 valence electrons. The molecule has 0 saturated carbocycles. The van der Waals surface area contributed by atoms with Gasteiger partial charge >= 0.3 is 0 Å². The van der Waals surface area contributed by atoms with Crippen LogP contribution >= 0.6 is 11.9 Å². The molecule has 7 heteroatoms. The lowest BCUT2D eigenvalue weighted by atomic mass is 10.1. The molecule has 4 rings (SSSR count). The predicted octanol–water partition coefficient (Wildman–Crippen LogP) is 6.44. The predicted molar refractivity (Wildman–Crippen MR) is 144 cm³/mol. The first-order chi connectivity index (χ1) is 16.3. The van der Waals surface area contributed by atoms with Crippen LogP contribution in [0.25, 0.3) is 33.5 Å². The third-order valence-corrected chi connectivity index (χ3v) is 6.54. The van der Waals surface area contributed by atoms with Gasteiger partial charge in [0.1, 0.15) is 11.8 Å². The molecule has 2 heterocycles. The Morgan fingerprint density at radius 1 is 1.12 bits per heavy atom. The number of allylic oxidation sites excluding steroid dienone is 1. The lowest BCUT2D eigenvalue weighted by Crippen LogP contribution is -2.32. The van der Waals surface area contributed by atoms with Crippen LogP contribution in [0.2, 0.25) is 0 Å². The maximum atomic E-state index is 9.06. The van der Waals surface area contributed by atoms with E-state index in [1.807, 2.05) is 31.6 Å². The second-order valence-electron chi connectivity index (χ2n) is 8.64. The molecule has 0 unspecified atom stereocenters. The van der Waals surface area contributed by atoms with Gasteiger partial charge < -0.3 is 10.3 Å². The van der Waals surface area contributed by atoms with Crippen LogP contribution in [-0.4, -0.2) is 45.2 Å². The molecule has 6 nitrogen and oxygen atoms in total. The Morgan fingerprint density at radius 3 is 2.50 bits per heavy atom. The highest BCUT2D eigenvalue weighted by Gasteiger charge is 2.18. The van der Waals surface area contributed by atoms with Gasteiger partial charge in [-0.3, -0.25) is 4.79 Å². The van der Waals surface area contributed by atoms with Crippen LogP contribution in [0.1, 0.15) is 20.8 Å². The Labute approximate surface area is 205 Å². The maximum absolute atomic E-state index is 9.06. The molecule has 34 heavy (non-hydrogen) atoms. The molecule has 0 amide bonds. The number of aromatic amines is 1. The summed E-state index contributed by atoms with van der Waals surface area (Å²) in [6.45, 7) is 9.75. The summed E-state index contributed by atoms with van der Waals surface area (Å²) in [5, 5.41) is 3.18. The average Bonchev–Trinajstić information content (AvgIpc) is 3.27. The minimum Gasteiger partial charge on any atom is -0.388 e. The molecule has 4 aromatic rings. The van der Waals surface area contributed by atoms with Gasteiger partial charge in [-0.2, -0.15) is 0 Å². The molecule has 0 aliphatic carbocycles. The van der Waals surface area contributed by atoms with Gasteiger partial charge in [0.25, 0.3) is 0 Å².